The van der Waals surface area contributed by atoms with Crippen LogP contribution in [-0.2, 0) is 53.7 Å². The maximum Gasteiger partial charge on any atom is 0.305 e. The van der Waals surface area contributed by atoms with Crippen LogP contribution in [0.2, 0.25) is 0 Å². The molecule has 28 nitrogen and oxygen atoms in total. The van der Waals surface area contributed by atoms with Crippen molar-refractivity contribution in [2.45, 2.75) is 75.5 Å². The van der Waals surface area contributed by atoms with E-state index in [0.717, 1.165) is 0 Å². The van der Waals surface area contributed by atoms with Crippen LogP contribution in [0.25, 0.3) is 0 Å². The monoisotopic (exact) mass is 1080 g/mol. The molecule has 0 radical (unpaired) electrons. The molecule has 3 rings (SSSR count). The number of benzene rings is 1. The van der Waals surface area contributed by atoms with Gasteiger partial charge in [0.15, 0.2) is 5.96 Å². The van der Waals surface area contributed by atoms with Crippen molar-refractivity contribution >= 4 is 69.5 Å². The largest absolute Gasteiger partial charge is 0.481 e. The molecule has 31 heteroatoms. The fraction of sp³-hybridized carbons (Fsp3) is 0.659. The van der Waals surface area contributed by atoms with Crippen LogP contribution in [-0.4, -0.2) is 213 Å². The number of aliphatic imine (C=N–C) groups is 1. The summed E-state index contributed by atoms with van der Waals surface area (Å²) >= 11 is 0. The molecular weight excluding hydrogens is 1010 g/mol. The first kappa shape index (κ1) is 61.4. The molecule has 406 valence electrons. The van der Waals surface area contributed by atoms with Gasteiger partial charge < -0.3 is 73.4 Å². The number of aliphatic hydroxyl groups is 2. The zero-order valence-corrected chi connectivity index (χ0v) is 42.7. The number of guanidine groups is 1. The van der Waals surface area contributed by atoms with E-state index in [1.54, 1.807) is 45.0 Å². The lowest BCUT2D eigenvalue weighted by molar-refractivity contribution is -0.141. The Morgan fingerprint density at radius 2 is 1.15 bits per heavy atom. The molecular formula is C41H71N12O16P3. The Morgan fingerprint density at radius 1 is 0.667 bits per heavy atom. The second-order valence-electron chi connectivity index (χ2n) is 17.7. The van der Waals surface area contributed by atoms with Gasteiger partial charge in [-0.05, 0) is 37.7 Å². The number of hydrogen-bond acceptors (Lipinski definition) is 16. The van der Waals surface area contributed by atoms with Crippen LogP contribution < -0.4 is 43.4 Å². The van der Waals surface area contributed by atoms with Gasteiger partial charge in [-0.3, -0.25) is 66.9 Å². The van der Waals surface area contributed by atoms with Crippen LogP contribution in [0.3, 0.4) is 0 Å². The summed E-state index contributed by atoms with van der Waals surface area (Å²) in [6.45, 7) is 0.330. The summed E-state index contributed by atoms with van der Waals surface area (Å²) in [5, 5.41) is 43.3. The Balaban J connectivity index is 1.72. The van der Waals surface area contributed by atoms with Gasteiger partial charge in [0.25, 0.3) is 0 Å². The first-order valence-electron chi connectivity index (χ1n) is 23.3. The van der Waals surface area contributed by atoms with Gasteiger partial charge in [-0.2, -0.15) is 0 Å². The number of nitrogens with one attached hydrogen (secondary N) is 6. The first-order valence-corrected chi connectivity index (χ1v) is 29.4. The highest BCUT2D eigenvalue weighted by Crippen LogP contribution is 2.43. The van der Waals surface area contributed by atoms with E-state index < -0.39 is 132 Å². The lowest BCUT2D eigenvalue weighted by Gasteiger charge is -2.28. The number of rotatable bonds is 24. The number of aliphatic carboxylic acids is 1. The highest BCUT2D eigenvalue weighted by molar-refractivity contribution is 7.58. The number of unbranched alkanes of at least 4 members (excludes halogenated alkanes) is 1. The Hall–Kier alpha value is -4.85. The topological polar surface area (TPSA) is 438 Å². The van der Waals surface area contributed by atoms with Gasteiger partial charge in [0, 0.05) is 71.4 Å². The molecule has 7 atom stereocenters. The van der Waals surface area contributed by atoms with Crippen LogP contribution in [0.1, 0.15) is 50.5 Å². The van der Waals surface area contributed by atoms with Crippen LogP contribution in [0.5, 0.6) is 0 Å². The van der Waals surface area contributed by atoms with Crippen molar-refractivity contribution in [1.29, 1.82) is 0 Å². The van der Waals surface area contributed by atoms with Crippen molar-refractivity contribution in [1.82, 2.24) is 46.6 Å². The minimum Gasteiger partial charge on any atom is -0.481 e. The van der Waals surface area contributed by atoms with Gasteiger partial charge in [-0.25, -0.2) is 0 Å². The second-order valence-corrected chi connectivity index (χ2v) is 24.6. The second kappa shape index (κ2) is 30.4. The number of nitrogens with zero attached hydrogens (tertiary/aromatic N) is 4. The minimum atomic E-state index is -4.03. The third kappa shape index (κ3) is 24.2. The highest BCUT2D eigenvalue weighted by atomic mass is 31.2. The molecule has 1 aromatic carbocycles. The van der Waals surface area contributed by atoms with E-state index in [0.29, 0.717) is 5.56 Å². The van der Waals surface area contributed by atoms with Crippen molar-refractivity contribution in [3.8, 4) is 0 Å². The maximum absolute atomic E-state index is 14.1. The summed E-state index contributed by atoms with van der Waals surface area (Å²) in [5.74, 6) is -6.66. The lowest BCUT2D eigenvalue weighted by atomic mass is 10.0. The van der Waals surface area contributed by atoms with Crippen molar-refractivity contribution in [3.63, 3.8) is 0 Å². The molecule has 0 aromatic heterocycles. The molecule has 3 unspecified atom stereocenters. The molecule has 0 aliphatic carbocycles. The van der Waals surface area contributed by atoms with E-state index in [2.05, 4.69) is 36.9 Å². The number of carbonyl (C=O) groups is 7. The summed E-state index contributed by atoms with van der Waals surface area (Å²) in [6.07, 6.45) is -4.35. The molecule has 2 saturated heterocycles. The van der Waals surface area contributed by atoms with Crippen LogP contribution in [0, 0.1) is 0 Å². The summed E-state index contributed by atoms with van der Waals surface area (Å²) < 4.78 is 38.1. The highest BCUT2D eigenvalue weighted by Gasteiger charge is 2.34. The minimum absolute atomic E-state index is 0.0304. The molecule has 0 spiro atoms. The Morgan fingerprint density at radius 3 is 1.68 bits per heavy atom. The van der Waals surface area contributed by atoms with E-state index in [-0.39, 0.29) is 110 Å². The van der Waals surface area contributed by atoms with E-state index in [4.69, 9.17) is 11.5 Å². The lowest BCUT2D eigenvalue weighted by Crippen LogP contribution is -2.58. The Bertz CT molecular complexity index is 2140. The van der Waals surface area contributed by atoms with Gasteiger partial charge >= 0.3 is 5.97 Å². The Labute approximate surface area is 416 Å². The van der Waals surface area contributed by atoms with Crippen LogP contribution in [0.4, 0.5) is 0 Å². The van der Waals surface area contributed by atoms with E-state index in [1.165, 1.54) is 0 Å². The number of carboxylic acid groups (broad SMARTS) is 1. The summed E-state index contributed by atoms with van der Waals surface area (Å²) in [7, 11) is -11.9. The molecule has 2 heterocycles. The molecule has 0 saturated carbocycles. The van der Waals surface area contributed by atoms with Crippen molar-refractivity contribution in [2.24, 2.45) is 16.5 Å². The van der Waals surface area contributed by atoms with Crippen molar-refractivity contribution in [2.75, 3.05) is 96.6 Å². The third-order valence-corrected chi connectivity index (χ3v) is 15.7. The zero-order valence-electron chi connectivity index (χ0n) is 40.0. The molecule has 2 fully saturated rings. The number of aliphatic hydroxyl groups excluding tert-OH is 2. The normalized spacial score (nSPS) is 23.2. The predicted octanol–water partition coefficient (Wildman–Crippen LogP) is -3.99. The smallest absolute Gasteiger partial charge is 0.305 e. The summed E-state index contributed by atoms with van der Waals surface area (Å²) in [4.78, 5) is 132. The molecule has 72 heavy (non-hydrogen) atoms. The van der Waals surface area contributed by atoms with Crippen LogP contribution in [0.15, 0.2) is 35.3 Å². The Kier molecular flexibility index (Phi) is 25.9. The summed E-state index contributed by atoms with van der Waals surface area (Å²) in [5.41, 5.74) is 11.4. The van der Waals surface area contributed by atoms with Gasteiger partial charge in [0.1, 0.15) is 36.9 Å². The SMILES string of the molecule is NC(N)=NCCC[C@H]1NC(=O)CNC(=O)[C@H](CC(=O)O)NC(=O)[C@H](Cc2ccccc2)NC(=O)[C@@H](CCCCNC(=O)CCP(=O)(O)CN2CCN(CP(=O)(O)CO)CCN(CP(=O)(O)CO)CC2)NC1=O. The number of carboxylic acids is 1. The van der Waals surface area contributed by atoms with Gasteiger partial charge in [-0.15, -0.1) is 0 Å². The van der Waals surface area contributed by atoms with Gasteiger partial charge in [0.2, 0.25) is 57.5 Å². The molecule has 6 amide bonds. The number of amides is 6. The fourth-order valence-corrected chi connectivity index (χ4v) is 11.2. The number of nitrogens with two attached hydrogens (primary N) is 2. The number of hydrogen-bond donors (Lipinski definition) is 14. The van der Waals surface area contributed by atoms with Crippen molar-refractivity contribution < 1.29 is 77.3 Å². The molecule has 2 aliphatic rings. The van der Waals surface area contributed by atoms with Gasteiger partial charge in [0.05, 0.1) is 31.8 Å². The third-order valence-electron chi connectivity index (χ3n) is 11.4. The molecule has 2 aliphatic heterocycles. The first-order chi connectivity index (χ1) is 33.9. The van der Waals surface area contributed by atoms with E-state index in [9.17, 15) is 77.3 Å². The van der Waals surface area contributed by atoms with E-state index >= 15 is 0 Å². The number of carbonyl (C=O) groups excluding carboxylic acids is 6. The van der Waals surface area contributed by atoms with E-state index in [1.807, 2.05) is 0 Å². The quantitative estimate of drug-likeness (QED) is 0.0203. The molecule has 1 aromatic rings. The zero-order chi connectivity index (χ0) is 53.5. The molecule has 0 bridgehead atoms. The average molecular weight is 1080 g/mol. The fourth-order valence-electron chi connectivity index (χ4n) is 7.61. The standard InChI is InChI=1S/C41H71N12O16P3/c42-41(43)45-13-6-10-30-38(61)48-31(39(62)49-32(21-29-7-2-1-3-8-29)40(63)50-33(22-36(58)59)37(60)46-23-35(57)47-30)9-4-5-12-44-34(56)11-20-70(64,65)24-51-14-16-52(25-71(66,67)27-54)18-19-53(17-15-51)26-72(68,69)28-55/h1-3,7-8,30-33,54-55H,4-6,9-28H2,(H,44,56)(H,46,60)(H,47,57)(H,48,61)(H,49,62)(H,50,63)(H,58,59)(H,64,65)(H,66,67)(H,68,69)(H4,42,43,45)/t30-,31-,32+,33+/m1/s1. The van der Waals surface area contributed by atoms with Gasteiger partial charge in [-0.1, -0.05) is 30.3 Å². The maximum atomic E-state index is 14.1. The van der Waals surface area contributed by atoms with Crippen molar-refractivity contribution in [3.05, 3.63) is 35.9 Å². The average Bonchev–Trinajstić information content (AvgIpc) is 3.39. The summed E-state index contributed by atoms with van der Waals surface area (Å²) in [6, 6.07) is 2.78. The van der Waals surface area contributed by atoms with Crippen LogP contribution >= 0.6 is 22.1 Å². The molecule has 16 N–H and O–H groups in total. The predicted molar refractivity (Wildman–Crippen MR) is 262 cm³/mol.